The van der Waals surface area contributed by atoms with Gasteiger partial charge in [0, 0.05) is 25.0 Å². The maximum Gasteiger partial charge on any atom is 0.290 e. The first-order valence-corrected chi connectivity index (χ1v) is 12.5. The smallest absolute Gasteiger partial charge is 0.290 e. The van der Waals surface area contributed by atoms with Crippen LogP contribution in [0.4, 0.5) is 5.82 Å². The SMILES string of the molecule is CCn1c2nc(N(C)C3CC4(CCC4)C3)ccc2c(=O)c2ccc(Cl)c(SC)c21.O=CO. The minimum atomic E-state index is -0.250. The molecule has 2 fully saturated rings. The Morgan fingerprint density at radius 2 is 1.94 bits per heavy atom. The Balaban J connectivity index is 0.000000775. The lowest BCUT2D eigenvalue weighted by Gasteiger charge is -2.56. The summed E-state index contributed by atoms with van der Waals surface area (Å²) in [6, 6.07) is 8.18. The third kappa shape index (κ3) is 3.65. The molecular formula is C24H28ClN3O3S. The minimum Gasteiger partial charge on any atom is -0.483 e. The predicted molar refractivity (Wildman–Crippen MR) is 132 cm³/mol. The van der Waals surface area contributed by atoms with Crippen LogP contribution in [0.25, 0.3) is 21.9 Å². The van der Waals surface area contributed by atoms with E-state index in [-0.39, 0.29) is 11.9 Å². The lowest BCUT2D eigenvalue weighted by molar-refractivity contribution is -0.122. The molecule has 6 nitrogen and oxygen atoms in total. The summed E-state index contributed by atoms with van der Waals surface area (Å²) in [6.07, 6.45) is 8.71. The van der Waals surface area contributed by atoms with Crippen LogP contribution in [-0.2, 0) is 11.3 Å². The molecule has 5 rings (SSSR count). The Morgan fingerprint density at radius 1 is 1.28 bits per heavy atom. The molecule has 0 radical (unpaired) electrons. The van der Waals surface area contributed by atoms with Crippen LogP contribution in [0.5, 0.6) is 0 Å². The van der Waals surface area contributed by atoms with E-state index in [1.54, 1.807) is 11.8 Å². The fourth-order valence-corrected chi connectivity index (χ4v) is 6.31. The van der Waals surface area contributed by atoms with E-state index in [0.29, 0.717) is 27.3 Å². The molecule has 0 saturated heterocycles. The molecule has 2 aromatic heterocycles. The first kappa shape index (κ1) is 22.9. The van der Waals surface area contributed by atoms with Gasteiger partial charge in [-0.2, -0.15) is 0 Å². The van der Waals surface area contributed by atoms with Crippen LogP contribution in [0.1, 0.15) is 39.0 Å². The fourth-order valence-electron chi connectivity index (χ4n) is 5.25. The van der Waals surface area contributed by atoms with Crippen LogP contribution in [-0.4, -0.2) is 40.5 Å². The number of carbonyl (C=O) groups is 1. The van der Waals surface area contributed by atoms with Gasteiger partial charge in [0.15, 0.2) is 5.43 Å². The van der Waals surface area contributed by atoms with Crippen molar-refractivity contribution in [2.75, 3.05) is 18.2 Å². The first-order chi connectivity index (χ1) is 15.4. The zero-order valence-corrected chi connectivity index (χ0v) is 20.2. The number of rotatable bonds is 4. The number of carboxylic acid groups (broad SMARTS) is 1. The van der Waals surface area contributed by atoms with Crippen molar-refractivity contribution in [1.82, 2.24) is 9.55 Å². The van der Waals surface area contributed by atoms with Crippen molar-refractivity contribution in [3.8, 4) is 0 Å². The van der Waals surface area contributed by atoms with E-state index < -0.39 is 0 Å². The maximum absolute atomic E-state index is 13.2. The van der Waals surface area contributed by atoms with Crippen molar-refractivity contribution in [3.05, 3.63) is 39.5 Å². The van der Waals surface area contributed by atoms with Gasteiger partial charge in [0.25, 0.3) is 6.47 Å². The third-order valence-corrected chi connectivity index (χ3v) is 8.39. The molecule has 1 N–H and O–H groups in total. The molecule has 1 spiro atoms. The molecule has 0 amide bonds. The lowest BCUT2D eigenvalue weighted by atomic mass is 9.54. The van der Waals surface area contributed by atoms with Gasteiger partial charge in [-0.05, 0) is 68.5 Å². The van der Waals surface area contributed by atoms with Crippen molar-refractivity contribution in [1.29, 1.82) is 0 Å². The number of anilines is 1. The average Bonchev–Trinajstić information content (AvgIpc) is 2.72. The fraction of sp³-hybridized carbons (Fsp3) is 0.458. The van der Waals surface area contributed by atoms with Crippen molar-refractivity contribution >= 4 is 57.6 Å². The molecule has 2 heterocycles. The van der Waals surface area contributed by atoms with Crippen LogP contribution < -0.4 is 10.3 Å². The maximum atomic E-state index is 13.2. The highest BCUT2D eigenvalue weighted by Crippen LogP contribution is 2.57. The van der Waals surface area contributed by atoms with E-state index in [1.165, 1.54) is 32.1 Å². The second kappa shape index (κ2) is 8.94. The summed E-state index contributed by atoms with van der Waals surface area (Å²) in [5.41, 5.74) is 2.31. The largest absolute Gasteiger partial charge is 0.483 e. The molecule has 0 unspecified atom stereocenters. The Hall–Kier alpha value is -2.25. The molecule has 170 valence electrons. The number of halogens is 1. The number of fused-ring (bicyclic) bond motifs is 2. The zero-order valence-electron chi connectivity index (χ0n) is 18.6. The molecular weight excluding hydrogens is 446 g/mol. The van der Waals surface area contributed by atoms with Crippen molar-refractivity contribution < 1.29 is 9.90 Å². The highest BCUT2D eigenvalue weighted by molar-refractivity contribution is 7.99. The predicted octanol–water partition coefficient (Wildman–Crippen LogP) is 5.41. The summed E-state index contributed by atoms with van der Waals surface area (Å²) >= 11 is 8.05. The van der Waals surface area contributed by atoms with E-state index in [4.69, 9.17) is 26.5 Å². The Morgan fingerprint density at radius 3 is 2.50 bits per heavy atom. The quantitative estimate of drug-likeness (QED) is 0.310. The van der Waals surface area contributed by atoms with Crippen LogP contribution in [0.3, 0.4) is 0 Å². The summed E-state index contributed by atoms with van der Waals surface area (Å²) < 4.78 is 2.15. The first-order valence-electron chi connectivity index (χ1n) is 10.9. The average molecular weight is 474 g/mol. The summed E-state index contributed by atoms with van der Waals surface area (Å²) in [5, 5.41) is 8.95. The monoisotopic (exact) mass is 473 g/mol. The second-order valence-corrected chi connectivity index (χ2v) is 9.95. The van der Waals surface area contributed by atoms with Crippen LogP contribution in [0.2, 0.25) is 5.02 Å². The number of benzene rings is 1. The minimum absolute atomic E-state index is 0.0328. The number of nitrogens with zero attached hydrogens (tertiary/aromatic N) is 3. The number of pyridine rings is 2. The number of aromatic nitrogens is 2. The number of hydrogen-bond donors (Lipinski definition) is 1. The molecule has 1 aromatic carbocycles. The van der Waals surface area contributed by atoms with Gasteiger partial charge < -0.3 is 14.6 Å². The van der Waals surface area contributed by atoms with Crippen LogP contribution in [0.15, 0.2) is 34.0 Å². The van der Waals surface area contributed by atoms with Gasteiger partial charge in [-0.25, -0.2) is 4.98 Å². The van der Waals surface area contributed by atoms with E-state index >= 15 is 0 Å². The normalized spacial score (nSPS) is 16.9. The molecule has 2 aliphatic carbocycles. The molecule has 8 heteroatoms. The Kier molecular flexibility index (Phi) is 6.41. The summed E-state index contributed by atoms with van der Waals surface area (Å²) in [6.45, 7) is 2.58. The molecule has 32 heavy (non-hydrogen) atoms. The molecule has 0 aliphatic heterocycles. The van der Waals surface area contributed by atoms with Gasteiger partial charge in [0.1, 0.15) is 11.5 Å². The van der Waals surface area contributed by atoms with E-state index in [0.717, 1.165) is 28.4 Å². The molecule has 2 aliphatic rings. The highest BCUT2D eigenvalue weighted by Gasteiger charge is 2.49. The summed E-state index contributed by atoms with van der Waals surface area (Å²) in [5.74, 6) is 0.949. The van der Waals surface area contributed by atoms with E-state index in [1.807, 2.05) is 30.5 Å². The van der Waals surface area contributed by atoms with Crippen molar-refractivity contribution in [3.63, 3.8) is 0 Å². The number of aryl methyl sites for hydroxylation is 1. The summed E-state index contributed by atoms with van der Waals surface area (Å²) in [7, 11) is 2.14. The Bertz CT molecular complexity index is 1230. The number of hydrogen-bond acceptors (Lipinski definition) is 5. The lowest BCUT2D eigenvalue weighted by Crippen LogP contribution is -2.53. The van der Waals surface area contributed by atoms with Gasteiger partial charge in [0.2, 0.25) is 0 Å². The van der Waals surface area contributed by atoms with Gasteiger partial charge in [-0.15, -0.1) is 11.8 Å². The third-order valence-electron chi connectivity index (χ3n) is 7.14. The molecule has 3 aromatic rings. The molecule has 0 bridgehead atoms. The Labute approximate surface area is 196 Å². The topological polar surface area (TPSA) is 75.4 Å². The van der Waals surface area contributed by atoms with Crippen molar-refractivity contribution in [2.24, 2.45) is 5.41 Å². The van der Waals surface area contributed by atoms with Crippen molar-refractivity contribution in [2.45, 2.75) is 56.5 Å². The van der Waals surface area contributed by atoms with E-state index in [9.17, 15) is 4.79 Å². The van der Waals surface area contributed by atoms with Gasteiger partial charge >= 0.3 is 0 Å². The second-order valence-electron chi connectivity index (χ2n) is 8.72. The van der Waals surface area contributed by atoms with Gasteiger partial charge in [0.05, 0.1) is 20.8 Å². The van der Waals surface area contributed by atoms with Crippen LogP contribution >= 0.6 is 23.4 Å². The zero-order chi connectivity index (χ0) is 23.0. The number of thioether (sulfide) groups is 1. The van der Waals surface area contributed by atoms with Gasteiger partial charge in [-0.1, -0.05) is 18.0 Å². The van der Waals surface area contributed by atoms with E-state index in [2.05, 4.69) is 23.4 Å². The molecule has 0 atom stereocenters. The summed E-state index contributed by atoms with van der Waals surface area (Å²) in [4.78, 5) is 29.8. The standard InChI is InChI=1S/C23H26ClN3OS.CH2O2/c1-4-27-19-15(6-8-17(24)21(19)29-3)20(28)16-7-9-18(25-22(16)27)26(2)14-12-23(13-14)10-5-11-23;2-1-3/h6-9,14H,4-5,10-13H2,1-3H3;1H,(H,2,3). The highest BCUT2D eigenvalue weighted by atomic mass is 35.5. The molecule has 2 saturated carbocycles. The van der Waals surface area contributed by atoms with Crippen LogP contribution in [0, 0.1) is 5.41 Å². The van der Waals surface area contributed by atoms with Gasteiger partial charge in [-0.3, -0.25) is 9.59 Å².